The summed E-state index contributed by atoms with van der Waals surface area (Å²) in [7, 11) is -17.4. The summed E-state index contributed by atoms with van der Waals surface area (Å²) in [5, 5.41) is 13.9. The maximum Gasteiger partial charge on any atom is 0.490 e. The van der Waals surface area contributed by atoms with Gasteiger partial charge in [0.15, 0.2) is 18.0 Å². The predicted molar refractivity (Wildman–Crippen MR) is 103 cm³/mol. The number of anilines is 1. The van der Waals surface area contributed by atoms with E-state index in [0.29, 0.717) is 4.57 Å². The summed E-state index contributed by atoms with van der Waals surface area (Å²) in [5.41, 5.74) is 7.96. The van der Waals surface area contributed by atoms with Crippen molar-refractivity contribution < 1.29 is 60.6 Å². The Morgan fingerprint density at radius 1 is 1.32 bits per heavy atom. The molecule has 3 rings (SSSR count). The third-order valence-electron chi connectivity index (χ3n) is 4.89. The lowest BCUT2D eigenvalue weighted by atomic mass is 10.1. The molecular formula is C11H16FN6O13P3. The number of halogens is 1. The van der Waals surface area contributed by atoms with Crippen LogP contribution in [-0.2, 0) is 31.6 Å². The minimum Gasteiger partial charge on any atom is -0.383 e. The zero-order valence-electron chi connectivity index (χ0n) is 16.6. The molecule has 2 heterocycles. The number of nitrogen functional groups attached to an aromatic ring is 1. The normalized spacial score (nSPS) is 33.9. The van der Waals surface area contributed by atoms with Gasteiger partial charge in [-0.1, -0.05) is 5.11 Å². The van der Waals surface area contributed by atoms with Gasteiger partial charge in [-0.15, -0.1) is 0 Å². The summed E-state index contributed by atoms with van der Waals surface area (Å²) >= 11 is 0. The Morgan fingerprint density at radius 3 is 2.50 bits per heavy atom. The summed E-state index contributed by atoms with van der Waals surface area (Å²) in [5.74, 6) is -0.173. The lowest BCUT2D eigenvalue weighted by molar-refractivity contribution is -0.0887. The van der Waals surface area contributed by atoms with Crippen molar-refractivity contribution in [3.63, 3.8) is 0 Å². The minimum absolute atomic E-state index is 0.173. The number of rotatable bonds is 9. The second-order valence-corrected chi connectivity index (χ2v) is 11.5. The van der Waals surface area contributed by atoms with Gasteiger partial charge in [-0.2, -0.15) is 13.6 Å². The molecule has 1 aromatic rings. The number of aromatic nitrogens is 2. The quantitative estimate of drug-likeness (QED) is 0.0974. The molecule has 0 radical (unpaired) electrons. The van der Waals surface area contributed by atoms with Crippen molar-refractivity contribution >= 4 is 29.3 Å². The molecule has 34 heavy (non-hydrogen) atoms. The van der Waals surface area contributed by atoms with Crippen LogP contribution in [0, 0.1) is 6.92 Å². The van der Waals surface area contributed by atoms with E-state index in [9.17, 15) is 33.4 Å². The lowest BCUT2D eigenvalue weighted by Crippen LogP contribution is -2.39. The third kappa shape index (κ3) is 4.69. The number of alkyl halides is 1. The molecule has 1 aromatic heterocycles. The van der Waals surface area contributed by atoms with Gasteiger partial charge in [0.25, 0.3) is 0 Å². The molecule has 0 amide bonds. The predicted octanol–water partition coefficient (Wildman–Crippen LogP) is -0.493. The fourth-order valence-electron chi connectivity index (χ4n) is 3.45. The molecule has 1 aliphatic carbocycles. The van der Waals surface area contributed by atoms with Crippen LogP contribution in [0.25, 0.3) is 10.4 Å². The first-order valence-corrected chi connectivity index (χ1v) is 13.1. The van der Waals surface area contributed by atoms with Crippen molar-refractivity contribution in [2.75, 3.05) is 12.3 Å². The highest BCUT2D eigenvalue weighted by atomic mass is 31.3. The summed E-state index contributed by atoms with van der Waals surface area (Å²) in [4.78, 5) is 54.1. The van der Waals surface area contributed by atoms with Crippen LogP contribution in [0.1, 0.15) is 11.8 Å². The fraction of sp³-hybridized carbons (Fsp3) is 0.636. The van der Waals surface area contributed by atoms with Crippen LogP contribution in [0.4, 0.5) is 10.2 Å². The number of hydrogen-bond acceptors (Lipinski definition) is 12. The molecule has 2 aliphatic rings. The number of fused-ring (bicyclic) bond motifs is 1. The Balaban J connectivity index is 1.91. The molecule has 23 heteroatoms. The van der Waals surface area contributed by atoms with Crippen LogP contribution in [0.5, 0.6) is 0 Å². The zero-order chi connectivity index (χ0) is 25.9. The monoisotopic (exact) mass is 552 g/mol. The molecule has 1 saturated heterocycles. The highest BCUT2D eigenvalue weighted by Crippen LogP contribution is 2.72. The second kappa shape index (κ2) is 8.43. The van der Waals surface area contributed by atoms with Crippen molar-refractivity contribution in [1.82, 2.24) is 9.55 Å². The average Bonchev–Trinajstić information content (AvgIpc) is 3.03. The molecule has 7 atom stereocenters. The van der Waals surface area contributed by atoms with Gasteiger partial charge in [-0.05, 0) is 12.5 Å². The molecule has 190 valence electrons. The van der Waals surface area contributed by atoms with Crippen LogP contribution < -0.4 is 11.4 Å². The largest absolute Gasteiger partial charge is 0.490 e. The Kier molecular flexibility index (Phi) is 6.65. The number of phosphoric acid groups is 3. The summed E-state index contributed by atoms with van der Waals surface area (Å²) in [6, 6.07) is 0. The van der Waals surface area contributed by atoms with Gasteiger partial charge < -0.3 is 35.2 Å². The van der Waals surface area contributed by atoms with Crippen molar-refractivity contribution in [3.05, 3.63) is 32.7 Å². The number of aliphatic hydroxyl groups is 1. The number of aryl methyl sites for hydroxylation is 1. The fourth-order valence-corrected chi connectivity index (χ4v) is 6.70. The Hall–Kier alpha value is -1.75. The third-order valence-corrected chi connectivity index (χ3v) is 8.70. The van der Waals surface area contributed by atoms with E-state index in [-0.39, 0.29) is 11.4 Å². The lowest BCUT2D eigenvalue weighted by Gasteiger charge is -2.25. The number of hydrogen-bond donors (Lipinski definition) is 6. The molecule has 0 aromatic carbocycles. The van der Waals surface area contributed by atoms with Crippen LogP contribution >= 0.6 is 23.5 Å². The first-order valence-electron chi connectivity index (χ1n) is 8.62. The van der Waals surface area contributed by atoms with E-state index in [1.165, 1.54) is 6.92 Å². The second-order valence-electron chi connectivity index (χ2n) is 7.09. The van der Waals surface area contributed by atoms with E-state index < -0.39 is 65.4 Å². The van der Waals surface area contributed by atoms with Crippen molar-refractivity contribution in [3.8, 4) is 0 Å². The Labute approximate surface area is 186 Å². The highest BCUT2D eigenvalue weighted by Gasteiger charge is 2.90. The average molecular weight is 552 g/mol. The van der Waals surface area contributed by atoms with E-state index in [1.54, 1.807) is 0 Å². The standard InChI is InChI=1S/C11H16FN6O13P3/c1-4-2-18(9(19)16-6(4)13)7-5(12)11(20)8(10(11,28-7)3-15-17-14)29-33(24,25)31-34(26,27)30-32(21,22)23/h2,5,7-8,20H,3H2,1H3,(H,24,25)(H,26,27)(H2,13,16,19)(H2,21,22,23)/t5-,7+,8?,10+,11+/m0/s1. The maximum atomic E-state index is 15.3. The van der Waals surface area contributed by atoms with Crippen LogP contribution in [0.3, 0.4) is 0 Å². The van der Waals surface area contributed by atoms with Crippen LogP contribution in [0.15, 0.2) is 16.1 Å². The number of ether oxygens (including phenoxy) is 1. The first kappa shape index (κ1) is 26.8. The van der Waals surface area contributed by atoms with E-state index in [2.05, 4.69) is 28.2 Å². The van der Waals surface area contributed by atoms with Gasteiger partial charge in [0.2, 0.25) is 0 Å². The number of nitrogens with two attached hydrogens (primary N) is 1. The smallest absolute Gasteiger partial charge is 0.383 e. The molecule has 2 fully saturated rings. The molecule has 0 spiro atoms. The molecule has 19 nitrogen and oxygen atoms in total. The topological polar surface area (TPSA) is 299 Å². The number of nitrogens with zero attached hydrogens (tertiary/aromatic N) is 5. The maximum absolute atomic E-state index is 15.3. The zero-order valence-corrected chi connectivity index (χ0v) is 19.2. The SMILES string of the molecule is Cc1cn([C@@H]2O[C@]3(CN=[N+]=[N-])C(OP(=O)(O)OP(=O)(O)OP(=O)(O)O)[C@]3(O)[C@H]2F)c(=O)nc1N. The van der Waals surface area contributed by atoms with Crippen molar-refractivity contribution in [2.24, 2.45) is 5.11 Å². The minimum atomic E-state index is -5.92. The number of azide groups is 1. The van der Waals surface area contributed by atoms with Crippen LogP contribution in [0.2, 0.25) is 0 Å². The summed E-state index contributed by atoms with van der Waals surface area (Å²) < 4.78 is 67.2. The molecule has 0 bridgehead atoms. The van der Waals surface area contributed by atoms with Gasteiger partial charge in [-0.3, -0.25) is 9.09 Å². The van der Waals surface area contributed by atoms with E-state index in [0.717, 1.165) is 6.20 Å². The molecular weight excluding hydrogens is 536 g/mol. The van der Waals surface area contributed by atoms with Crippen molar-refractivity contribution in [1.29, 1.82) is 0 Å². The van der Waals surface area contributed by atoms with E-state index >= 15 is 4.39 Å². The van der Waals surface area contributed by atoms with Crippen molar-refractivity contribution in [2.45, 2.75) is 36.6 Å². The van der Waals surface area contributed by atoms with Gasteiger partial charge in [-0.25, -0.2) is 22.9 Å². The van der Waals surface area contributed by atoms with Gasteiger partial charge in [0, 0.05) is 16.7 Å². The number of phosphoric ester groups is 1. The molecule has 7 N–H and O–H groups in total. The van der Waals surface area contributed by atoms with E-state index in [1.807, 2.05) is 0 Å². The van der Waals surface area contributed by atoms with E-state index in [4.69, 9.17) is 25.8 Å². The Morgan fingerprint density at radius 2 is 1.94 bits per heavy atom. The molecule has 1 saturated carbocycles. The van der Waals surface area contributed by atoms with Gasteiger partial charge in [0.05, 0.1) is 6.54 Å². The highest BCUT2D eigenvalue weighted by molar-refractivity contribution is 7.66. The van der Waals surface area contributed by atoms with Gasteiger partial charge in [0.1, 0.15) is 17.5 Å². The summed E-state index contributed by atoms with van der Waals surface area (Å²) in [6.45, 7) is 0.497. The van der Waals surface area contributed by atoms with Crippen LogP contribution in [-0.4, -0.2) is 64.3 Å². The molecule has 1 aliphatic heterocycles. The van der Waals surface area contributed by atoms with Gasteiger partial charge >= 0.3 is 29.2 Å². The first-order chi connectivity index (χ1) is 15.4. The Bertz CT molecular complexity index is 1270. The molecule has 3 unspecified atom stereocenters. The summed E-state index contributed by atoms with van der Waals surface area (Å²) in [6.07, 6.45) is -5.64.